The lowest BCUT2D eigenvalue weighted by Gasteiger charge is -2.26. The van der Waals surface area contributed by atoms with Crippen LogP contribution < -0.4 is 16.0 Å². The number of epoxide rings is 1. The van der Waals surface area contributed by atoms with Crippen LogP contribution in [-0.4, -0.2) is 63.8 Å². The number of H-pyrrole nitrogens is 2. The second kappa shape index (κ2) is 15.0. The number of fused-ring (bicyclic) bond motifs is 2. The highest BCUT2D eigenvalue weighted by Gasteiger charge is 2.50. The number of rotatable bonds is 17. The molecule has 47 heavy (non-hydrogen) atoms. The highest BCUT2D eigenvalue weighted by atomic mass is 16.6. The molecule has 0 bridgehead atoms. The van der Waals surface area contributed by atoms with Crippen molar-refractivity contribution in [3.8, 4) is 0 Å². The highest BCUT2D eigenvalue weighted by Crippen LogP contribution is 2.30. The summed E-state index contributed by atoms with van der Waals surface area (Å²) in [7, 11) is 0. The third kappa shape index (κ3) is 8.48. The molecule has 5 rings (SSSR count). The van der Waals surface area contributed by atoms with Gasteiger partial charge in [0, 0.05) is 53.5 Å². The van der Waals surface area contributed by atoms with Crippen LogP contribution in [0.4, 0.5) is 0 Å². The summed E-state index contributed by atoms with van der Waals surface area (Å²) >= 11 is 0. The van der Waals surface area contributed by atoms with Crippen molar-refractivity contribution in [1.29, 1.82) is 0 Å². The molecule has 2 aromatic heterocycles. The number of aromatic nitrogens is 2. The number of ketones is 1. The van der Waals surface area contributed by atoms with E-state index in [0.717, 1.165) is 52.2 Å². The van der Waals surface area contributed by atoms with Gasteiger partial charge >= 0.3 is 0 Å². The summed E-state index contributed by atoms with van der Waals surface area (Å²) in [6, 6.07) is 12.9. The first-order chi connectivity index (χ1) is 22.6. The maximum absolute atomic E-state index is 14.1. The first kappa shape index (κ1) is 33.9. The minimum atomic E-state index is -1.01. The quantitative estimate of drug-likeness (QED) is 0.0824. The molecule has 2 aromatic carbocycles. The van der Waals surface area contributed by atoms with Crippen molar-refractivity contribution in [1.82, 2.24) is 25.9 Å². The molecular weight excluding hydrogens is 594 g/mol. The summed E-state index contributed by atoms with van der Waals surface area (Å²) in [4.78, 5) is 61.1. The molecule has 10 heteroatoms. The molecule has 1 aliphatic heterocycles. The van der Waals surface area contributed by atoms with Crippen LogP contribution in [0.2, 0.25) is 0 Å². The molecule has 1 fully saturated rings. The van der Waals surface area contributed by atoms with E-state index >= 15 is 0 Å². The average molecular weight is 642 g/mol. The Morgan fingerprint density at radius 1 is 0.787 bits per heavy atom. The van der Waals surface area contributed by atoms with Gasteiger partial charge in [-0.2, -0.15) is 0 Å². The minimum Gasteiger partial charge on any atom is -0.361 e. The Kier molecular flexibility index (Phi) is 10.8. The van der Waals surface area contributed by atoms with Gasteiger partial charge < -0.3 is 30.7 Å². The summed E-state index contributed by atoms with van der Waals surface area (Å²) in [5.41, 5.74) is 2.67. The Morgan fingerprint density at radius 3 is 1.81 bits per heavy atom. The molecular formula is C37H47N5O5. The number of carbonyl (C=O) groups is 4. The number of ether oxygens (including phenoxy) is 1. The summed E-state index contributed by atoms with van der Waals surface area (Å²) < 4.78 is 5.43. The zero-order chi connectivity index (χ0) is 33.6. The van der Waals surface area contributed by atoms with E-state index in [4.69, 9.17) is 4.74 Å². The van der Waals surface area contributed by atoms with Crippen molar-refractivity contribution in [3.63, 3.8) is 0 Å². The molecule has 3 heterocycles. The fourth-order valence-electron chi connectivity index (χ4n) is 6.13. The Morgan fingerprint density at radius 2 is 1.30 bits per heavy atom. The van der Waals surface area contributed by atoms with Crippen LogP contribution >= 0.6 is 0 Å². The van der Waals surface area contributed by atoms with Crippen LogP contribution in [0.1, 0.15) is 70.9 Å². The highest BCUT2D eigenvalue weighted by molar-refractivity contribution is 5.99. The lowest BCUT2D eigenvalue weighted by molar-refractivity contribution is -0.134. The summed E-state index contributed by atoms with van der Waals surface area (Å²) in [6.45, 7) is 8.11. The number of carbonyl (C=O) groups excluding carboxylic acids is 4. The maximum Gasteiger partial charge on any atom is 0.243 e. The number of Topliss-reactive ketones (excluding diaryl/α,β-unsaturated/α-hetero) is 1. The van der Waals surface area contributed by atoms with E-state index in [9.17, 15) is 19.2 Å². The largest absolute Gasteiger partial charge is 0.361 e. The fourth-order valence-corrected chi connectivity index (χ4v) is 6.13. The predicted molar refractivity (Wildman–Crippen MR) is 183 cm³/mol. The van der Waals surface area contributed by atoms with Crippen LogP contribution in [0, 0.1) is 5.92 Å². The van der Waals surface area contributed by atoms with E-state index in [1.54, 1.807) is 6.92 Å². The molecule has 4 aromatic rings. The van der Waals surface area contributed by atoms with Crippen LogP contribution in [-0.2, 0) is 36.8 Å². The molecule has 3 amide bonds. The first-order valence-corrected chi connectivity index (χ1v) is 16.8. The Bertz CT molecular complexity index is 1720. The Labute approximate surface area is 275 Å². The molecule has 10 nitrogen and oxygen atoms in total. The number of para-hydroxylation sites is 2. The number of hydrogen-bond acceptors (Lipinski definition) is 5. The number of nitrogens with one attached hydrogen (secondary N) is 5. The smallest absolute Gasteiger partial charge is 0.243 e. The number of hydrogen-bond donors (Lipinski definition) is 5. The zero-order valence-electron chi connectivity index (χ0n) is 27.8. The molecule has 0 spiro atoms. The molecule has 3 unspecified atom stereocenters. The van der Waals surface area contributed by atoms with Crippen molar-refractivity contribution in [2.75, 3.05) is 6.61 Å². The minimum absolute atomic E-state index is 0.136. The summed E-state index contributed by atoms with van der Waals surface area (Å²) in [6.07, 6.45) is 7.48. The average Bonchev–Trinajstić information content (AvgIpc) is 3.48. The van der Waals surface area contributed by atoms with Crippen LogP contribution in [0.5, 0.6) is 0 Å². The van der Waals surface area contributed by atoms with Gasteiger partial charge in [0.15, 0.2) is 5.78 Å². The number of aromatic amines is 2. The molecule has 0 radical (unpaired) electrons. The van der Waals surface area contributed by atoms with Crippen LogP contribution in [0.3, 0.4) is 0 Å². The van der Waals surface area contributed by atoms with E-state index in [-0.39, 0.29) is 30.4 Å². The van der Waals surface area contributed by atoms with Gasteiger partial charge in [-0.05, 0) is 48.9 Å². The SMILES string of the molecule is CCCCCC(=O)NC(Cc1c[nH]c2ccccc12)C(=O)NC(Cc1c[nH]c2ccccc12)C(=O)NC(CC(C)C)C(=O)[C@@]1(C)CO1. The summed E-state index contributed by atoms with van der Waals surface area (Å²) in [5.74, 6) is -1.18. The molecule has 5 N–H and O–H groups in total. The second-order valence-corrected chi connectivity index (χ2v) is 13.3. The topological polar surface area (TPSA) is 148 Å². The Hall–Kier alpha value is -4.44. The lowest BCUT2D eigenvalue weighted by Crippen LogP contribution is -2.57. The van der Waals surface area contributed by atoms with Gasteiger partial charge in [0.2, 0.25) is 17.7 Å². The van der Waals surface area contributed by atoms with Crippen molar-refractivity contribution >= 4 is 45.3 Å². The number of benzene rings is 2. The van der Waals surface area contributed by atoms with Crippen LogP contribution in [0.25, 0.3) is 21.8 Å². The normalized spacial score (nSPS) is 17.7. The number of amides is 3. The third-order valence-electron chi connectivity index (χ3n) is 8.93. The van der Waals surface area contributed by atoms with Crippen molar-refractivity contribution in [3.05, 3.63) is 72.1 Å². The first-order valence-electron chi connectivity index (χ1n) is 16.8. The third-order valence-corrected chi connectivity index (χ3v) is 8.93. The monoisotopic (exact) mass is 641 g/mol. The molecule has 250 valence electrons. The van der Waals surface area contributed by atoms with E-state index < -0.39 is 35.5 Å². The number of unbranched alkanes of at least 4 members (excludes halogenated alkanes) is 2. The molecule has 4 atom stereocenters. The Balaban J connectivity index is 1.42. The van der Waals surface area contributed by atoms with Crippen molar-refractivity contribution in [2.24, 2.45) is 5.92 Å². The van der Waals surface area contributed by atoms with Gasteiger partial charge in [0.05, 0.1) is 12.6 Å². The predicted octanol–water partition coefficient (Wildman–Crippen LogP) is 4.87. The standard InChI is InChI=1S/C37H47N5O5/c1-5-6-7-16-33(43)40-31(18-24-20-38-28-14-10-8-12-26(24)28)35(45)42-32(19-25-21-39-29-15-11-9-13-27(25)29)36(46)41-30(17-23(2)3)34(44)37(4)22-47-37/h8-15,20-21,23,30-32,38-39H,5-7,16-19,22H2,1-4H3,(H,40,43)(H,41,46)(H,42,45)/t30?,31?,32?,37-/m1/s1. The van der Waals surface area contributed by atoms with Gasteiger partial charge in [-0.25, -0.2) is 0 Å². The fraction of sp³-hybridized carbons (Fsp3) is 0.459. The van der Waals surface area contributed by atoms with Crippen molar-refractivity contribution in [2.45, 2.75) is 96.4 Å². The molecule has 1 aliphatic rings. The van der Waals surface area contributed by atoms with E-state index in [1.165, 1.54) is 0 Å². The van der Waals surface area contributed by atoms with Gasteiger partial charge in [0.25, 0.3) is 0 Å². The van der Waals surface area contributed by atoms with Crippen molar-refractivity contribution < 1.29 is 23.9 Å². The van der Waals surface area contributed by atoms with E-state index in [0.29, 0.717) is 19.4 Å². The van der Waals surface area contributed by atoms with Gasteiger partial charge in [-0.3, -0.25) is 19.2 Å². The van der Waals surface area contributed by atoms with Gasteiger partial charge in [-0.1, -0.05) is 70.0 Å². The van der Waals surface area contributed by atoms with Gasteiger partial charge in [0.1, 0.15) is 17.7 Å². The maximum atomic E-state index is 14.1. The molecule has 1 saturated heterocycles. The second-order valence-electron chi connectivity index (χ2n) is 13.3. The molecule has 0 aliphatic carbocycles. The van der Waals surface area contributed by atoms with E-state index in [2.05, 4.69) is 32.8 Å². The van der Waals surface area contributed by atoms with E-state index in [1.807, 2.05) is 74.8 Å². The zero-order valence-corrected chi connectivity index (χ0v) is 27.8. The summed E-state index contributed by atoms with van der Waals surface area (Å²) in [5, 5.41) is 10.8. The molecule has 0 saturated carbocycles. The van der Waals surface area contributed by atoms with Crippen LogP contribution in [0.15, 0.2) is 60.9 Å². The lowest BCUT2D eigenvalue weighted by atomic mass is 9.93. The van der Waals surface area contributed by atoms with Gasteiger partial charge in [-0.15, -0.1) is 0 Å².